The molecule has 1 unspecified atom stereocenters. The highest BCUT2D eigenvalue weighted by Gasteiger charge is 2.15. The number of rotatable bonds is 7. The first-order valence-corrected chi connectivity index (χ1v) is 6.02. The fourth-order valence-corrected chi connectivity index (χ4v) is 1.57. The molecule has 0 radical (unpaired) electrons. The van der Waals surface area contributed by atoms with Crippen molar-refractivity contribution < 1.29 is 13.9 Å². The van der Waals surface area contributed by atoms with Gasteiger partial charge in [0, 0.05) is 0 Å². The van der Waals surface area contributed by atoms with Gasteiger partial charge < -0.3 is 9.15 Å². The van der Waals surface area contributed by atoms with Crippen molar-refractivity contribution >= 4 is 5.97 Å². The Kier molecular flexibility index (Phi) is 5.68. The van der Waals surface area contributed by atoms with Crippen LogP contribution < -0.4 is 0 Å². The Morgan fingerprint density at radius 2 is 2.25 bits per heavy atom. The Morgan fingerprint density at radius 1 is 1.44 bits per heavy atom. The molecule has 3 nitrogen and oxygen atoms in total. The third kappa shape index (κ3) is 4.09. The summed E-state index contributed by atoms with van der Waals surface area (Å²) in [6.07, 6.45) is 6.78. The molecule has 0 saturated carbocycles. The van der Waals surface area contributed by atoms with Crippen LogP contribution in [0.25, 0.3) is 0 Å². The van der Waals surface area contributed by atoms with Crippen molar-refractivity contribution in [2.75, 3.05) is 0 Å². The van der Waals surface area contributed by atoms with E-state index in [0.717, 1.165) is 19.3 Å². The maximum Gasteiger partial charge on any atom is 0.374 e. The third-order valence-electron chi connectivity index (χ3n) is 2.58. The lowest BCUT2D eigenvalue weighted by Crippen LogP contribution is -2.17. The number of esters is 1. The van der Waals surface area contributed by atoms with E-state index in [2.05, 4.69) is 6.92 Å². The first-order chi connectivity index (χ1) is 7.77. The standard InChI is InChI=1S/C13H20O3/c1-3-5-6-8-11(4-2)16-13(14)12-9-7-10-15-12/h7,9-11H,3-6,8H2,1-2H3. The van der Waals surface area contributed by atoms with Gasteiger partial charge in [-0.2, -0.15) is 0 Å². The predicted molar refractivity (Wildman–Crippen MR) is 62.3 cm³/mol. The highest BCUT2D eigenvalue weighted by Crippen LogP contribution is 2.13. The molecule has 0 aliphatic heterocycles. The first kappa shape index (κ1) is 12.8. The van der Waals surface area contributed by atoms with Crippen LogP contribution in [-0.4, -0.2) is 12.1 Å². The van der Waals surface area contributed by atoms with Crippen LogP contribution in [0.1, 0.15) is 56.5 Å². The van der Waals surface area contributed by atoms with E-state index in [1.807, 2.05) is 6.92 Å². The third-order valence-corrected chi connectivity index (χ3v) is 2.58. The van der Waals surface area contributed by atoms with E-state index in [-0.39, 0.29) is 17.8 Å². The second-order valence-corrected chi connectivity index (χ2v) is 3.91. The molecule has 1 heterocycles. The molecule has 16 heavy (non-hydrogen) atoms. The van der Waals surface area contributed by atoms with Crippen LogP contribution in [0.15, 0.2) is 22.8 Å². The maximum absolute atomic E-state index is 11.6. The van der Waals surface area contributed by atoms with Gasteiger partial charge in [-0.15, -0.1) is 0 Å². The van der Waals surface area contributed by atoms with Gasteiger partial charge in [-0.25, -0.2) is 4.79 Å². The summed E-state index contributed by atoms with van der Waals surface area (Å²) in [5.74, 6) is -0.0673. The molecule has 1 atom stereocenters. The SMILES string of the molecule is CCCCCC(CC)OC(=O)c1ccco1. The van der Waals surface area contributed by atoms with Crippen molar-refractivity contribution in [1.29, 1.82) is 0 Å². The van der Waals surface area contributed by atoms with Crippen LogP contribution in [0.2, 0.25) is 0 Å². The number of carbonyl (C=O) groups is 1. The molecule has 0 N–H and O–H groups in total. The Balaban J connectivity index is 2.35. The summed E-state index contributed by atoms with van der Waals surface area (Å²) in [5.41, 5.74) is 0. The van der Waals surface area contributed by atoms with Gasteiger partial charge >= 0.3 is 5.97 Å². The van der Waals surface area contributed by atoms with Crippen molar-refractivity contribution in [3.05, 3.63) is 24.2 Å². The van der Waals surface area contributed by atoms with Gasteiger partial charge in [0.2, 0.25) is 5.76 Å². The molecule has 1 rings (SSSR count). The normalized spacial score (nSPS) is 12.4. The topological polar surface area (TPSA) is 39.4 Å². The van der Waals surface area contributed by atoms with Gasteiger partial charge in [-0.3, -0.25) is 0 Å². The number of ether oxygens (including phenoxy) is 1. The summed E-state index contributed by atoms with van der Waals surface area (Å²) in [6, 6.07) is 3.32. The molecule has 0 aliphatic carbocycles. The van der Waals surface area contributed by atoms with Gasteiger partial charge in [-0.1, -0.05) is 26.7 Å². The summed E-state index contributed by atoms with van der Waals surface area (Å²) in [6.45, 7) is 4.20. The van der Waals surface area contributed by atoms with Crippen LogP contribution >= 0.6 is 0 Å². The van der Waals surface area contributed by atoms with Crippen LogP contribution in [-0.2, 0) is 4.74 Å². The number of carbonyl (C=O) groups excluding carboxylic acids is 1. The Labute approximate surface area is 96.8 Å². The fraction of sp³-hybridized carbons (Fsp3) is 0.615. The van der Waals surface area contributed by atoms with Crippen LogP contribution in [0.5, 0.6) is 0 Å². The van der Waals surface area contributed by atoms with Gasteiger partial charge in [-0.05, 0) is 31.4 Å². The summed E-state index contributed by atoms with van der Waals surface area (Å²) in [4.78, 5) is 11.6. The lowest BCUT2D eigenvalue weighted by atomic mass is 10.1. The van der Waals surface area contributed by atoms with Gasteiger partial charge in [0.05, 0.1) is 6.26 Å². The number of hydrogen-bond donors (Lipinski definition) is 0. The summed E-state index contributed by atoms with van der Waals surface area (Å²) < 4.78 is 10.3. The smallest absolute Gasteiger partial charge is 0.374 e. The average Bonchev–Trinajstić information content (AvgIpc) is 2.81. The maximum atomic E-state index is 11.6. The minimum Gasteiger partial charge on any atom is -0.457 e. The molecule has 0 bridgehead atoms. The van der Waals surface area contributed by atoms with Crippen molar-refractivity contribution in [2.24, 2.45) is 0 Å². The predicted octanol–water partition coefficient (Wildman–Crippen LogP) is 3.80. The minimum atomic E-state index is -0.353. The molecular formula is C13H20O3. The molecule has 0 fully saturated rings. The Morgan fingerprint density at radius 3 is 2.81 bits per heavy atom. The second-order valence-electron chi connectivity index (χ2n) is 3.91. The molecule has 3 heteroatoms. The van der Waals surface area contributed by atoms with Gasteiger partial charge in [0.15, 0.2) is 0 Å². The van der Waals surface area contributed by atoms with E-state index in [4.69, 9.17) is 9.15 Å². The molecular weight excluding hydrogens is 204 g/mol. The Bertz CT molecular complexity index is 290. The lowest BCUT2D eigenvalue weighted by Gasteiger charge is -2.14. The van der Waals surface area contributed by atoms with Gasteiger partial charge in [0.25, 0.3) is 0 Å². The van der Waals surface area contributed by atoms with E-state index in [0.29, 0.717) is 0 Å². The zero-order valence-corrected chi connectivity index (χ0v) is 10.1. The quantitative estimate of drug-likeness (QED) is 0.522. The summed E-state index contributed by atoms with van der Waals surface area (Å²) in [5, 5.41) is 0. The molecule has 1 aromatic heterocycles. The fourth-order valence-electron chi connectivity index (χ4n) is 1.57. The molecule has 0 aliphatic rings. The van der Waals surface area contributed by atoms with E-state index in [1.165, 1.54) is 19.1 Å². The van der Waals surface area contributed by atoms with Crippen LogP contribution in [0.3, 0.4) is 0 Å². The molecule has 1 aromatic rings. The molecule has 0 aromatic carbocycles. The zero-order chi connectivity index (χ0) is 11.8. The van der Waals surface area contributed by atoms with E-state index < -0.39 is 0 Å². The molecule has 0 spiro atoms. The zero-order valence-electron chi connectivity index (χ0n) is 10.1. The van der Waals surface area contributed by atoms with E-state index >= 15 is 0 Å². The minimum absolute atomic E-state index is 0.0177. The van der Waals surface area contributed by atoms with Crippen molar-refractivity contribution in [2.45, 2.75) is 52.1 Å². The second kappa shape index (κ2) is 7.09. The highest BCUT2D eigenvalue weighted by atomic mass is 16.6. The molecule has 0 amide bonds. The number of hydrogen-bond acceptors (Lipinski definition) is 3. The summed E-state index contributed by atoms with van der Waals surface area (Å²) >= 11 is 0. The average molecular weight is 224 g/mol. The van der Waals surface area contributed by atoms with E-state index in [1.54, 1.807) is 12.1 Å². The first-order valence-electron chi connectivity index (χ1n) is 6.02. The van der Waals surface area contributed by atoms with Crippen molar-refractivity contribution in [3.63, 3.8) is 0 Å². The van der Waals surface area contributed by atoms with Crippen LogP contribution in [0, 0.1) is 0 Å². The van der Waals surface area contributed by atoms with Gasteiger partial charge in [0.1, 0.15) is 6.10 Å². The molecule has 0 saturated heterocycles. The van der Waals surface area contributed by atoms with Crippen LogP contribution in [0.4, 0.5) is 0 Å². The van der Waals surface area contributed by atoms with E-state index in [9.17, 15) is 4.79 Å². The lowest BCUT2D eigenvalue weighted by molar-refractivity contribution is 0.0232. The highest BCUT2D eigenvalue weighted by molar-refractivity contribution is 5.86. The number of furan rings is 1. The monoisotopic (exact) mass is 224 g/mol. The number of unbranched alkanes of at least 4 members (excludes halogenated alkanes) is 2. The molecule has 90 valence electrons. The summed E-state index contributed by atoms with van der Waals surface area (Å²) in [7, 11) is 0. The van der Waals surface area contributed by atoms with Crippen molar-refractivity contribution in [3.8, 4) is 0 Å². The largest absolute Gasteiger partial charge is 0.457 e. The van der Waals surface area contributed by atoms with Crippen molar-refractivity contribution in [1.82, 2.24) is 0 Å². The Hall–Kier alpha value is -1.25.